The molecule has 0 aliphatic rings. The standard InChI is InChI=1S/C13H13N3O2/c1-9-4-3-5-10(6-9)12(17)16-11-7-14-13(18-2)15-8-11/h3-8H,1-2H3,(H,16,17). The number of ether oxygens (including phenoxy) is 1. The molecule has 0 atom stereocenters. The van der Waals surface area contributed by atoms with Crippen LogP contribution in [0.4, 0.5) is 5.69 Å². The predicted octanol–water partition coefficient (Wildman–Crippen LogP) is 2.05. The van der Waals surface area contributed by atoms with Gasteiger partial charge in [-0.05, 0) is 19.1 Å². The van der Waals surface area contributed by atoms with E-state index in [9.17, 15) is 4.79 Å². The SMILES string of the molecule is COc1ncc(NC(=O)c2cccc(C)c2)cn1. The fourth-order valence-corrected chi connectivity index (χ4v) is 1.48. The van der Waals surface area contributed by atoms with E-state index in [0.717, 1.165) is 5.56 Å². The van der Waals surface area contributed by atoms with Gasteiger partial charge in [0.15, 0.2) is 0 Å². The number of amides is 1. The molecule has 1 aromatic carbocycles. The zero-order chi connectivity index (χ0) is 13.0. The molecule has 0 radical (unpaired) electrons. The van der Waals surface area contributed by atoms with Gasteiger partial charge >= 0.3 is 6.01 Å². The van der Waals surface area contributed by atoms with Gasteiger partial charge in [0.05, 0.1) is 25.2 Å². The summed E-state index contributed by atoms with van der Waals surface area (Å²) in [6.07, 6.45) is 3.00. The van der Waals surface area contributed by atoms with Crippen LogP contribution in [0.2, 0.25) is 0 Å². The molecular formula is C13H13N3O2. The Balaban J connectivity index is 2.11. The van der Waals surface area contributed by atoms with Crippen LogP contribution in [-0.4, -0.2) is 23.0 Å². The number of methoxy groups -OCH3 is 1. The zero-order valence-electron chi connectivity index (χ0n) is 10.2. The maximum atomic E-state index is 11.9. The van der Waals surface area contributed by atoms with Crippen molar-refractivity contribution in [1.82, 2.24) is 9.97 Å². The van der Waals surface area contributed by atoms with Crippen molar-refractivity contribution in [3.05, 3.63) is 47.8 Å². The average molecular weight is 243 g/mol. The van der Waals surface area contributed by atoms with Crippen LogP contribution >= 0.6 is 0 Å². The minimum Gasteiger partial charge on any atom is -0.467 e. The highest BCUT2D eigenvalue weighted by Gasteiger charge is 2.06. The second-order valence-electron chi connectivity index (χ2n) is 3.78. The van der Waals surface area contributed by atoms with E-state index in [2.05, 4.69) is 15.3 Å². The Morgan fingerprint density at radius 3 is 2.61 bits per heavy atom. The van der Waals surface area contributed by atoms with Gasteiger partial charge in [0.25, 0.3) is 5.91 Å². The van der Waals surface area contributed by atoms with Crippen molar-refractivity contribution in [3.8, 4) is 6.01 Å². The summed E-state index contributed by atoms with van der Waals surface area (Å²) in [7, 11) is 1.49. The number of aromatic nitrogens is 2. The van der Waals surface area contributed by atoms with Gasteiger partial charge < -0.3 is 10.1 Å². The Bertz CT molecular complexity index is 552. The summed E-state index contributed by atoms with van der Waals surface area (Å²) in [6.45, 7) is 1.94. The zero-order valence-corrected chi connectivity index (χ0v) is 10.2. The summed E-state index contributed by atoms with van der Waals surface area (Å²) in [5.74, 6) is -0.188. The maximum Gasteiger partial charge on any atom is 0.316 e. The van der Waals surface area contributed by atoms with Gasteiger partial charge in [0.2, 0.25) is 0 Å². The molecule has 0 fully saturated rings. The number of anilines is 1. The van der Waals surface area contributed by atoms with Crippen LogP contribution in [0.15, 0.2) is 36.7 Å². The van der Waals surface area contributed by atoms with Crippen LogP contribution in [0.25, 0.3) is 0 Å². The molecule has 0 saturated carbocycles. The fourth-order valence-electron chi connectivity index (χ4n) is 1.48. The highest BCUT2D eigenvalue weighted by molar-refractivity contribution is 6.04. The Morgan fingerprint density at radius 2 is 2.00 bits per heavy atom. The van der Waals surface area contributed by atoms with Crippen molar-refractivity contribution in [3.63, 3.8) is 0 Å². The number of aryl methyl sites for hydroxylation is 1. The van der Waals surface area contributed by atoms with Crippen molar-refractivity contribution < 1.29 is 9.53 Å². The number of carbonyl (C=O) groups excluding carboxylic acids is 1. The molecule has 2 rings (SSSR count). The number of benzene rings is 1. The van der Waals surface area contributed by atoms with Gasteiger partial charge in [-0.15, -0.1) is 0 Å². The second kappa shape index (κ2) is 5.27. The second-order valence-corrected chi connectivity index (χ2v) is 3.78. The van der Waals surface area contributed by atoms with E-state index < -0.39 is 0 Å². The van der Waals surface area contributed by atoms with E-state index in [1.54, 1.807) is 6.07 Å². The maximum absolute atomic E-state index is 11.9. The number of nitrogens with one attached hydrogen (secondary N) is 1. The lowest BCUT2D eigenvalue weighted by atomic mass is 10.1. The quantitative estimate of drug-likeness (QED) is 0.896. The van der Waals surface area contributed by atoms with Crippen LogP contribution in [0.3, 0.4) is 0 Å². The van der Waals surface area contributed by atoms with E-state index in [1.807, 2.05) is 25.1 Å². The van der Waals surface area contributed by atoms with E-state index in [-0.39, 0.29) is 11.9 Å². The summed E-state index contributed by atoms with van der Waals surface area (Å²) in [5.41, 5.74) is 2.17. The Morgan fingerprint density at radius 1 is 1.28 bits per heavy atom. The summed E-state index contributed by atoms with van der Waals surface area (Å²) in [6, 6.07) is 7.62. The molecule has 92 valence electrons. The highest BCUT2D eigenvalue weighted by atomic mass is 16.5. The molecule has 1 aromatic heterocycles. The Labute approximate surface area is 105 Å². The first kappa shape index (κ1) is 12.0. The largest absolute Gasteiger partial charge is 0.467 e. The summed E-state index contributed by atoms with van der Waals surface area (Å²) in [4.78, 5) is 19.7. The van der Waals surface area contributed by atoms with Crippen LogP contribution in [-0.2, 0) is 0 Å². The molecule has 5 nitrogen and oxygen atoms in total. The van der Waals surface area contributed by atoms with Crippen LogP contribution in [0.1, 0.15) is 15.9 Å². The van der Waals surface area contributed by atoms with Gasteiger partial charge in [0, 0.05) is 5.56 Å². The molecule has 18 heavy (non-hydrogen) atoms. The van der Waals surface area contributed by atoms with E-state index in [1.165, 1.54) is 19.5 Å². The average Bonchev–Trinajstić information content (AvgIpc) is 2.39. The van der Waals surface area contributed by atoms with Gasteiger partial charge in [-0.3, -0.25) is 4.79 Å². The third kappa shape index (κ3) is 2.82. The Kier molecular flexibility index (Phi) is 3.52. The molecule has 0 aliphatic carbocycles. The number of carbonyl (C=O) groups is 1. The van der Waals surface area contributed by atoms with Gasteiger partial charge in [-0.2, -0.15) is 0 Å². The molecule has 0 spiro atoms. The van der Waals surface area contributed by atoms with Gasteiger partial charge in [-0.1, -0.05) is 17.7 Å². The monoisotopic (exact) mass is 243 g/mol. The molecule has 0 aliphatic heterocycles. The molecule has 1 N–H and O–H groups in total. The van der Waals surface area contributed by atoms with E-state index in [0.29, 0.717) is 11.3 Å². The minimum atomic E-state index is -0.188. The molecule has 0 unspecified atom stereocenters. The van der Waals surface area contributed by atoms with Crippen molar-refractivity contribution >= 4 is 11.6 Å². The fraction of sp³-hybridized carbons (Fsp3) is 0.154. The number of nitrogens with zero attached hydrogens (tertiary/aromatic N) is 2. The third-order valence-electron chi connectivity index (χ3n) is 2.35. The van der Waals surface area contributed by atoms with Crippen molar-refractivity contribution in [2.24, 2.45) is 0 Å². The molecule has 5 heteroatoms. The first-order valence-electron chi connectivity index (χ1n) is 5.43. The first-order valence-corrected chi connectivity index (χ1v) is 5.43. The third-order valence-corrected chi connectivity index (χ3v) is 2.35. The normalized spacial score (nSPS) is 9.89. The molecule has 1 heterocycles. The van der Waals surface area contributed by atoms with Crippen molar-refractivity contribution in [2.45, 2.75) is 6.92 Å². The molecule has 0 saturated heterocycles. The summed E-state index contributed by atoms with van der Waals surface area (Å²) < 4.78 is 4.84. The van der Waals surface area contributed by atoms with Crippen LogP contribution < -0.4 is 10.1 Å². The lowest BCUT2D eigenvalue weighted by Gasteiger charge is -2.05. The highest BCUT2D eigenvalue weighted by Crippen LogP contribution is 2.10. The molecule has 0 bridgehead atoms. The smallest absolute Gasteiger partial charge is 0.316 e. The van der Waals surface area contributed by atoms with Crippen molar-refractivity contribution in [1.29, 1.82) is 0 Å². The van der Waals surface area contributed by atoms with E-state index in [4.69, 9.17) is 4.74 Å². The summed E-state index contributed by atoms with van der Waals surface area (Å²) >= 11 is 0. The van der Waals surface area contributed by atoms with Gasteiger partial charge in [-0.25, -0.2) is 9.97 Å². The summed E-state index contributed by atoms with van der Waals surface area (Å²) in [5, 5.41) is 2.72. The predicted molar refractivity (Wildman–Crippen MR) is 67.7 cm³/mol. The first-order chi connectivity index (χ1) is 8.69. The Hall–Kier alpha value is -2.43. The minimum absolute atomic E-state index is 0.188. The number of hydrogen-bond acceptors (Lipinski definition) is 4. The van der Waals surface area contributed by atoms with Crippen molar-refractivity contribution in [2.75, 3.05) is 12.4 Å². The van der Waals surface area contributed by atoms with Crippen LogP contribution in [0.5, 0.6) is 6.01 Å². The topological polar surface area (TPSA) is 64.1 Å². The van der Waals surface area contributed by atoms with E-state index >= 15 is 0 Å². The lowest BCUT2D eigenvalue weighted by molar-refractivity contribution is 0.102. The number of hydrogen-bond donors (Lipinski definition) is 1. The lowest BCUT2D eigenvalue weighted by Crippen LogP contribution is -2.12. The van der Waals surface area contributed by atoms with Gasteiger partial charge in [0.1, 0.15) is 0 Å². The molecule has 2 aromatic rings. The number of rotatable bonds is 3. The molecular weight excluding hydrogens is 230 g/mol. The van der Waals surface area contributed by atoms with Crippen LogP contribution in [0, 0.1) is 6.92 Å². The molecule has 1 amide bonds.